The van der Waals surface area contributed by atoms with E-state index in [1.807, 2.05) is 0 Å². The molecule has 0 heterocycles. The fraction of sp³-hybridized carbons (Fsp3) is 0.609. The van der Waals surface area contributed by atoms with Crippen molar-refractivity contribution in [1.82, 2.24) is 0 Å². The van der Waals surface area contributed by atoms with E-state index in [0.717, 1.165) is 0 Å². The minimum Gasteiger partial charge on any atom is -0.508 e. The maximum Gasteiger partial charge on any atom is 0.317 e. The maximum absolute atomic E-state index is 13.1. The first kappa shape index (κ1) is 23.9. The first-order valence-electron chi connectivity index (χ1n) is 10.0. The third-order valence-corrected chi connectivity index (χ3v) is 4.87. The van der Waals surface area contributed by atoms with Gasteiger partial charge in [0.15, 0.2) is 5.78 Å². The lowest BCUT2D eigenvalue weighted by atomic mass is 9.61. The third kappa shape index (κ3) is 5.59. The summed E-state index contributed by atoms with van der Waals surface area (Å²) in [6.07, 6.45) is -0.380. The molecule has 0 aliphatic heterocycles. The number of phenolic OH excluding ortho intramolecular Hbond substituents is 1. The van der Waals surface area contributed by atoms with Crippen molar-refractivity contribution in [3.05, 3.63) is 29.8 Å². The predicted molar refractivity (Wildman–Crippen MR) is 110 cm³/mol. The van der Waals surface area contributed by atoms with E-state index in [1.54, 1.807) is 41.5 Å². The van der Waals surface area contributed by atoms with Crippen LogP contribution in [0.25, 0.3) is 0 Å². The highest BCUT2D eigenvalue weighted by Gasteiger charge is 2.57. The molecule has 30 heavy (non-hydrogen) atoms. The molecule has 1 aliphatic rings. The van der Waals surface area contributed by atoms with E-state index in [1.165, 1.54) is 31.2 Å². The first-order chi connectivity index (χ1) is 13.5. The van der Waals surface area contributed by atoms with E-state index >= 15 is 0 Å². The number of benzene rings is 1. The maximum atomic E-state index is 13.1. The molecule has 4 atom stereocenters. The van der Waals surface area contributed by atoms with Gasteiger partial charge in [-0.05, 0) is 66.2 Å². The lowest BCUT2D eigenvalue weighted by molar-refractivity contribution is -0.182. The minimum absolute atomic E-state index is 0.00437. The van der Waals surface area contributed by atoms with E-state index in [0.29, 0.717) is 5.56 Å². The number of aromatic hydroxyl groups is 1. The Labute approximate surface area is 177 Å². The molecule has 1 saturated carbocycles. The van der Waals surface area contributed by atoms with Crippen LogP contribution in [0, 0.1) is 11.8 Å². The van der Waals surface area contributed by atoms with Gasteiger partial charge in [-0.15, -0.1) is 0 Å². The second-order valence-corrected chi connectivity index (χ2v) is 10.1. The topological polar surface area (TPSA) is 110 Å². The monoisotopic (exact) mass is 420 g/mol. The summed E-state index contributed by atoms with van der Waals surface area (Å²) in [7, 11) is 0. The van der Waals surface area contributed by atoms with Crippen LogP contribution >= 0.6 is 0 Å². The predicted octanol–water partition coefficient (Wildman–Crippen LogP) is 3.12. The van der Waals surface area contributed by atoms with Crippen LogP contribution in [-0.4, -0.2) is 44.7 Å². The highest BCUT2D eigenvalue weighted by molar-refractivity contribution is 6.03. The SMILES string of the molecule is CC(C)(C)OC(=O)[C@@H]1C(=O)C[C@](C)(O)[C@@H](C(=O)OC(C)(C)C)[C@H]1c1ccc(O)cc1. The number of hydrogen-bond donors (Lipinski definition) is 2. The van der Waals surface area contributed by atoms with Crippen molar-refractivity contribution < 1.29 is 34.1 Å². The van der Waals surface area contributed by atoms with E-state index < -0.39 is 52.3 Å². The average Bonchev–Trinajstić information content (AvgIpc) is 2.50. The van der Waals surface area contributed by atoms with Gasteiger partial charge in [0, 0.05) is 12.3 Å². The van der Waals surface area contributed by atoms with Gasteiger partial charge in [0.05, 0.1) is 11.5 Å². The molecule has 0 saturated heterocycles. The molecule has 1 aromatic rings. The van der Waals surface area contributed by atoms with Crippen LogP contribution in [0.2, 0.25) is 0 Å². The number of ether oxygens (including phenoxy) is 2. The van der Waals surface area contributed by atoms with Gasteiger partial charge in [0.25, 0.3) is 0 Å². The van der Waals surface area contributed by atoms with Gasteiger partial charge in [-0.25, -0.2) is 0 Å². The standard InChI is InChI=1S/C23H32O7/c1-21(2,3)29-19(26)17-15(25)12-23(7,28)18(20(27)30-22(4,5)6)16(17)13-8-10-14(24)11-9-13/h8-11,16-18,24,28H,12H2,1-7H3/t16-,17+,18+,23-/m0/s1. The van der Waals surface area contributed by atoms with Crippen LogP contribution < -0.4 is 0 Å². The number of phenols is 1. The molecule has 0 spiro atoms. The number of aliphatic hydroxyl groups is 1. The lowest BCUT2D eigenvalue weighted by Gasteiger charge is -2.44. The van der Waals surface area contributed by atoms with Crippen molar-refractivity contribution in [2.75, 3.05) is 0 Å². The Kier molecular flexibility index (Phi) is 6.38. The Morgan fingerprint density at radius 2 is 1.43 bits per heavy atom. The number of Topliss-reactive ketones (excluding diaryl/α,β-unsaturated/α-hetero) is 1. The number of carbonyl (C=O) groups excluding carboxylic acids is 3. The molecule has 1 aliphatic carbocycles. The largest absolute Gasteiger partial charge is 0.508 e. The number of hydrogen-bond acceptors (Lipinski definition) is 7. The molecule has 166 valence electrons. The van der Waals surface area contributed by atoms with Crippen LogP contribution in [0.1, 0.15) is 66.4 Å². The molecular weight excluding hydrogens is 388 g/mol. The van der Waals surface area contributed by atoms with Gasteiger partial charge in [0.2, 0.25) is 0 Å². The van der Waals surface area contributed by atoms with Crippen LogP contribution in [-0.2, 0) is 23.9 Å². The van der Waals surface area contributed by atoms with Gasteiger partial charge in [-0.1, -0.05) is 12.1 Å². The molecule has 0 aromatic heterocycles. The zero-order valence-corrected chi connectivity index (χ0v) is 18.7. The number of esters is 2. The van der Waals surface area contributed by atoms with E-state index in [4.69, 9.17) is 9.47 Å². The molecule has 0 bridgehead atoms. The normalized spacial score (nSPS) is 27.5. The number of ketones is 1. The summed E-state index contributed by atoms with van der Waals surface area (Å²) in [6.45, 7) is 11.6. The molecule has 2 N–H and O–H groups in total. The zero-order chi connectivity index (χ0) is 23.1. The molecule has 1 fully saturated rings. The minimum atomic E-state index is -1.72. The molecule has 7 nitrogen and oxygen atoms in total. The Morgan fingerprint density at radius 3 is 1.90 bits per heavy atom. The molecule has 7 heteroatoms. The van der Waals surface area contributed by atoms with Crippen LogP contribution in [0.3, 0.4) is 0 Å². The number of carbonyl (C=O) groups is 3. The molecule has 1 aromatic carbocycles. The van der Waals surface area contributed by atoms with Gasteiger partial charge in [-0.3, -0.25) is 14.4 Å². The van der Waals surface area contributed by atoms with Crippen LogP contribution in [0.4, 0.5) is 0 Å². The van der Waals surface area contributed by atoms with Crippen molar-refractivity contribution in [3.63, 3.8) is 0 Å². The Morgan fingerprint density at radius 1 is 0.967 bits per heavy atom. The highest BCUT2D eigenvalue weighted by atomic mass is 16.6. The van der Waals surface area contributed by atoms with Crippen LogP contribution in [0.5, 0.6) is 5.75 Å². The summed E-state index contributed by atoms with van der Waals surface area (Å²) in [6, 6.07) is 5.87. The Bertz CT molecular complexity index is 809. The van der Waals surface area contributed by atoms with Crippen molar-refractivity contribution in [2.45, 2.75) is 77.6 Å². The van der Waals surface area contributed by atoms with Crippen molar-refractivity contribution >= 4 is 17.7 Å². The summed E-state index contributed by atoms with van der Waals surface area (Å²) < 4.78 is 11.0. The fourth-order valence-corrected chi connectivity index (χ4v) is 3.84. The first-order valence-corrected chi connectivity index (χ1v) is 10.0. The molecular formula is C23H32O7. The van der Waals surface area contributed by atoms with E-state index in [-0.39, 0.29) is 12.2 Å². The van der Waals surface area contributed by atoms with Crippen LogP contribution in [0.15, 0.2) is 24.3 Å². The van der Waals surface area contributed by atoms with Crippen molar-refractivity contribution in [3.8, 4) is 5.75 Å². The molecule has 0 radical (unpaired) electrons. The average molecular weight is 421 g/mol. The van der Waals surface area contributed by atoms with Gasteiger partial charge in [0.1, 0.15) is 22.9 Å². The molecule has 2 rings (SSSR count). The van der Waals surface area contributed by atoms with Gasteiger partial charge in [-0.2, -0.15) is 0 Å². The van der Waals surface area contributed by atoms with Gasteiger partial charge >= 0.3 is 11.9 Å². The second kappa shape index (κ2) is 8.02. The van der Waals surface area contributed by atoms with Crippen molar-refractivity contribution in [1.29, 1.82) is 0 Å². The summed E-state index contributed by atoms with van der Waals surface area (Å²) in [5.41, 5.74) is -2.93. The summed E-state index contributed by atoms with van der Waals surface area (Å²) >= 11 is 0. The highest BCUT2D eigenvalue weighted by Crippen LogP contribution is 2.47. The van der Waals surface area contributed by atoms with E-state index in [2.05, 4.69) is 0 Å². The smallest absolute Gasteiger partial charge is 0.317 e. The Hall–Kier alpha value is -2.41. The summed E-state index contributed by atoms with van der Waals surface area (Å²) in [4.78, 5) is 39.1. The second-order valence-electron chi connectivity index (χ2n) is 10.1. The number of rotatable bonds is 3. The zero-order valence-electron chi connectivity index (χ0n) is 18.7. The Balaban J connectivity index is 2.62. The fourth-order valence-electron chi connectivity index (χ4n) is 3.84. The van der Waals surface area contributed by atoms with Crippen molar-refractivity contribution in [2.24, 2.45) is 11.8 Å². The lowest BCUT2D eigenvalue weighted by Crippen LogP contribution is -2.56. The molecule has 0 unspecified atom stereocenters. The van der Waals surface area contributed by atoms with E-state index in [9.17, 15) is 24.6 Å². The quantitative estimate of drug-likeness (QED) is 0.571. The van der Waals surface area contributed by atoms with Gasteiger partial charge < -0.3 is 19.7 Å². The summed E-state index contributed by atoms with van der Waals surface area (Å²) in [5.74, 6) is -5.45. The molecule has 0 amide bonds. The third-order valence-electron chi connectivity index (χ3n) is 4.87. The summed E-state index contributed by atoms with van der Waals surface area (Å²) in [5, 5.41) is 20.7.